The Morgan fingerprint density at radius 2 is 1.64 bits per heavy atom. The first-order valence-electron chi connectivity index (χ1n) is 8.95. The molecule has 0 spiro atoms. The molecule has 0 aromatic heterocycles. The lowest BCUT2D eigenvalue weighted by molar-refractivity contribution is 0.108. The predicted octanol–water partition coefficient (Wildman–Crippen LogP) is 3.32. The molecule has 0 N–H and O–H groups in total. The van der Waals surface area contributed by atoms with Gasteiger partial charge in [0.05, 0.1) is 0 Å². The number of hydrogen-bond donors (Lipinski definition) is 0. The van der Waals surface area contributed by atoms with Crippen molar-refractivity contribution in [2.45, 2.75) is 26.3 Å². The molecule has 1 heterocycles. The Morgan fingerprint density at radius 1 is 0.909 bits per heavy atom. The number of benzene rings is 1. The number of hydrogen-bond acceptors (Lipinski definition) is 2. The fourth-order valence-corrected chi connectivity index (χ4v) is 4.52. The van der Waals surface area contributed by atoms with Crippen LogP contribution in [0.1, 0.15) is 24.0 Å². The number of piperazine rings is 1. The van der Waals surface area contributed by atoms with E-state index in [0.717, 1.165) is 24.3 Å². The van der Waals surface area contributed by atoms with E-state index in [1.807, 2.05) is 0 Å². The molecule has 4 rings (SSSR count). The van der Waals surface area contributed by atoms with Crippen molar-refractivity contribution in [3.8, 4) is 0 Å². The van der Waals surface area contributed by atoms with Gasteiger partial charge in [0.15, 0.2) is 0 Å². The highest BCUT2D eigenvalue weighted by Gasteiger charge is 2.36. The summed E-state index contributed by atoms with van der Waals surface area (Å²) in [6, 6.07) is 9.02. The van der Waals surface area contributed by atoms with Crippen LogP contribution in [0.15, 0.2) is 36.4 Å². The van der Waals surface area contributed by atoms with E-state index in [1.165, 1.54) is 56.7 Å². The maximum absolute atomic E-state index is 2.71. The molecule has 118 valence electrons. The molecule has 0 unspecified atom stereocenters. The van der Waals surface area contributed by atoms with Gasteiger partial charge in [0, 0.05) is 39.3 Å². The zero-order chi connectivity index (χ0) is 14.9. The third-order valence-corrected chi connectivity index (χ3v) is 5.90. The predicted molar refractivity (Wildman–Crippen MR) is 91.7 cm³/mol. The van der Waals surface area contributed by atoms with Crippen molar-refractivity contribution in [1.29, 1.82) is 0 Å². The lowest BCUT2D eigenvalue weighted by atomic mass is 9.93. The molecule has 0 radical (unpaired) electrons. The van der Waals surface area contributed by atoms with E-state index in [1.54, 1.807) is 0 Å². The minimum Gasteiger partial charge on any atom is -0.300 e. The van der Waals surface area contributed by atoms with E-state index >= 15 is 0 Å². The zero-order valence-corrected chi connectivity index (χ0v) is 13.7. The van der Waals surface area contributed by atoms with Gasteiger partial charge in [0.25, 0.3) is 0 Å². The van der Waals surface area contributed by atoms with Crippen LogP contribution in [0.5, 0.6) is 0 Å². The van der Waals surface area contributed by atoms with Crippen molar-refractivity contribution in [3.63, 3.8) is 0 Å². The lowest BCUT2D eigenvalue weighted by Crippen LogP contribution is -2.47. The van der Waals surface area contributed by atoms with Crippen molar-refractivity contribution in [1.82, 2.24) is 9.80 Å². The fraction of sp³-hybridized carbons (Fsp3) is 0.600. The molecule has 2 nitrogen and oxygen atoms in total. The van der Waals surface area contributed by atoms with Gasteiger partial charge in [-0.05, 0) is 43.1 Å². The molecule has 0 amide bonds. The van der Waals surface area contributed by atoms with Crippen LogP contribution in [0.25, 0.3) is 0 Å². The van der Waals surface area contributed by atoms with E-state index in [4.69, 9.17) is 0 Å². The van der Waals surface area contributed by atoms with E-state index in [-0.39, 0.29) is 0 Å². The summed E-state index contributed by atoms with van der Waals surface area (Å²) < 4.78 is 0. The van der Waals surface area contributed by atoms with E-state index < -0.39 is 0 Å². The van der Waals surface area contributed by atoms with Crippen LogP contribution < -0.4 is 0 Å². The van der Waals surface area contributed by atoms with Gasteiger partial charge < -0.3 is 4.90 Å². The molecule has 2 aliphatic carbocycles. The topological polar surface area (TPSA) is 6.48 Å². The van der Waals surface area contributed by atoms with Crippen LogP contribution in [0.4, 0.5) is 0 Å². The Kier molecular flexibility index (Phi) is 4.06. The van der Waals surface area contributed by atoms with Gasteiger partial charge in [-0.15, -0.1) is 0 Å². The molecule has 2 bridgehead atoms. The first-order valence-corrected chi connectivity index (χ1v) is 8.95. The monoisotopic (exact) mass is 296 g/mol. The highest BCUT2D eigenvalue weighted by atomic mass is 15.3. The fourth-order valence-electron chi connectivity index (χ4n) is 4.52. The normalized spacial score (nSPS) is 32.0. The Balaban J connectivity index is 1.24. The number of fused-ring (bicyclic) bond motifs is 2. The molecule has 1 aromatic carbocycles. The van der Waals surface area contributed by atoms with Crippen LogP contribution in [0, 0.1) is 24.7 Å². The largest absolute Gasteiger partial charge is 0.300 e. The molecule has 1 aromatic rings. The first-order chi connectivity index (χ1) is 10.8. The minimum absolute atomic E-state index is 0.899. The number of aryl methyl sites for hydroxylation is 1. The molecule has 1 aliphatic heterocycles. The molecule has 2 heteroatoms. The summed E-state index contributed by atoms with van der Waals surface area (Å²) in [5.74, 6) is 2.76. The second-order valence-electron chi connectivity index (χ2n) is 7.60. The van der Waals surface area contributed by atoms with Gasteiger partial charge in [-0.1, -0.05) is 42.0 Å². The summed E-state index contributed by atoms with van der Waals surface area (Å²) in [6.07, 6.45) is 7.84. The summed E-state index contributed by atoms with van der Waals surface area (Å²) in [4.78, 5) is 5.33. The molecule has 3 atom stereocenters. The summed E-state index contributed by atoms with van der Waals surface area (Å²) in [7, 11) is 0. The van der Waals surface area contributed by atoms with E-state index in [9.17, 15) is 0 Å². The van der Waals surface area contributed by atoms with Gasteiger partial charge >= 0.3 is 0 Å². The van der Waals surface area contributed by atoms with Gasteiger partial charge in [-0.25, -0.2) is 0 Å². The Morgan fingerprint density at radius 3 is 2.27 bits per heavy atom. The summed E-state index contributed by atoms with van der Waals surface area (Å²) in [5, 5.41) is 0. The standard InChI is InChI=1S/C20H28N2/c1-16-2-4-17(5-3-16)14-21-8-10-22(11-9-21)15-20-13-18-6-7-19(20)12-18/h2-7,18-20H,8-15H2,1H3/t18-,19+,20-/m0/s1. The van der Waals surface area contributed by atoms with Crippen molar-refractivity contribution in [3.05, 3.63) is 47.5 Å². The molecule has 2 fully saturated rings. The quantitative estimate of drug-likeness (QED) is 0.786. The van der Waals surface area contributed by atoms with Crippen molar-refractivity contribution in [2.24, 2.45) is 17.8 Å². The van der Waals surface area contributed by atoms with Gasteiger partial charge in [0.1, 0.15) is 0 Å². The van der Waals surface area contributed by atoms with Crippen molar-refractivity contribution < 1.29 is 0 Å². The summed E-state index contributed by atoms with van der Waals surface area (Å²) >= 11 is 0. The van der Waals surface area contributed by atoms with Crippen molar-refractivity contribution >= 4 is 0 Å². The molecular weight excluding hydrogens is 268 g/mol. The maximum Gasteiger partial charge on any atom is 0.0234 e. The van der Waals surface area contributed by atoms with Gasteiger partial charge in [0.2, 0.25) is 0 Å². The third kappa shape index (κ3) is 3.13. The summed E-state index contributed by atoms with van der Waals surface area (Å²) in [6.45, 7) is 9.57. The average molecular weight is 296 g/mol. The number of allylic oxidation sites excluding steroid dienone is 2. The highest BCUT2D eigenvalue weighted by Crippen LogP contribution is 2.43. The smallest absolute Gasteiger partial charge is 0.0234 e. The molecular formula is C20H28N2. The zero-order valence-electron chi connectivity index (χ0n) is 13.7. The second kappa shape index (κ2) is 6.17. The van der Waals surface area contributed by atoms with E-state index in [2.05, 4.69) is 53.1 Å². The first kappa shape index (κ1) is 14.5. The average Bonchev–Trinajstić information content (AvgIpc) is 3.14. The maximum atomic E-state index is 2.71. The SMILES string of the molecule is Cc1ccc(CN2CCN(C[C@@H]3C[C@H]4C=C[C@@H]3C4)CC2)cc1. The second-order valence-corrected chi connectivity index (χ2v) is 7.60. The summed E-state index contributed by atoms with van der Waals surface area (Å²) in [5.41, 5.74) is 2.81. The lowest BCUT2D eigenvalue weighted by Gasteiger charge is -2.37. The Bertz CT molecular complexity index is 525. The van der Waals surface area contributed by atoms with Gasteiger partial charge in [-0.2, -0.15) is 0 Å². The Labute approximate surface area is 134 Å². The molecule has 3 aliphatic rings. The number of rotatable bonds is 4. The van der Waals surface area contributed by atoms with Crippen LogP contribution in [-0.2, 0) is 6.54 Å². The van der Waals surface area contributed by atoms with Crippen LogP contribution in [0.2, 0.25) is 0 Å². The van der Waals surface area contributed by atoms with Gasteiger partial charge in [-0.3, -0.25) is 4.90 Å². The van der Waals surface area contributed by atoms with E-state index in [0.29, 0.717) is 0 Å². The molecule has 22 heavy (non-hydrogen) atoms. The molecule has 1 saturated carbocycles. The minimum atomic E-state index is 0.899. The number of nitrogens with zero attached hydrogens (tertiary/aromatic N) is 2. The van der Waals surface area contributed by atoms with Crippen molar-refractivity contribution in [2.75, 3.05) is 32.7 Å². The van der Waals surface area contributed by atoms with Crippen LogP contribution in [0.3, 0.4) is 0 Å². The van der Waals surface area contributed by atoms with Crippen LogP contribution in [-0.4, -0.2) is 42.5 Å². The third-order valence-electron chi connectivity index (χ3n) is 5.90. The Hall–Kier alpha value is -1.12. The highest BCUT2D eigenvalue weighted by molar-refractivity contribution is 5.21. The van der Waals surface area contributed by atoms with Crippen LogP contribution >= 0.6 is 0 Å². The molecule has 1 saturated heterocycles.